The molecule has 0 aromatic carbocycles. The number of rotatable bonds is 63. The minimum atomic E-state index is -4.75. The van der Waals surface area contributed by atoms with Crippen molar-refractivity contribution in [2.45, 2.75) is 354 Å². The Morgan fingerprint density at radius 1 is 0.359 bits per heavy atom. The maximum Gasteiger partial charge on any atom is 0.472 e. The summed E-state index contributed by atoms with van der Waals surface area (Å²) in [7, 11) is -4.75. The molecule has 0 aliphatic rings. The van der Waals surface area contributed by atoms with Gasteiger partial charge in [-0.3, -0.25) is 23.4 Å². The Morgan fingerprint density at radius 3 is 0.974 bits per heavy atom. The minimum Gasteiger partial charge on any atom is -0.462 e. The topological polar surface area (TPSA) is 155 Å². The first-order valence-corrected chi connectivity index (χ1v) is 34.7. The molecule has 460 valence electrons. The maximum atomic E-state index is 13.0. The summed E-state index contributed by atoms with van der Waals surface area (Å²) < 4.78 is 39.7. The number of aliphatic hydroxyl groups excluding tert-OH is 1. The quantitative estimate of drug-likeness (QED) is 0.0197. The molecule has 0 spiro atoms. The van der Waals surface area contributed by atoms with Crippen LogP contribution in [0, 0.1) is 0 Å². The van der Waals surface area contributed by atoms with E-state index in [4.69, 9.17) is 23.3 Å². The Hall–Kier alpha value is -2.04. The summed E-state index contributed by atoms with van der Waals surface area (Å²) in [6, 6.07) is 0. The second-order valence-electron chi connectivity index (χ2n) is 22.7. The van der Waals surface area contributed by atoms with E-state index in [1.165, 1.54) is 212 Å². The first kappa shape index (κ1) is 76.0. The zero-order valence-electron chi connectivity index (χ0n) is 51.2. The van der Waals surface area contributed by atoms with Gasteiger partial charge in [-0.2, -0.15) is 0 Å². The number of aliphatic hydroxyl groups is 1. The number of allylic oxidation sites excluding steroid dienone is 4. The number of carbonyl (C=O) groups is 3. The van der Waals surface area contributed by atoms with E-state index in [2.05, 4.69) is 45.1 Å². The van der Waals surface area contributed by atoms with E-state index in [0.29, 0.717) is 19.3 Å². The van der Waals surface area contributed by atoms with E-state index in [1.807, 2.05) is 0 Å². The zero-order chi connectivity index (χ0) is 56.9. The molecule has 12 heteroatoms. The van der Waals surface area contributed by atoms with Crippen molar-refractivity contribution in [2.75, 3.05) is 26.4 Å². The van der Waals surface area contributed by atoms with Crippen LogP contribution in [0.1, 0.15) is 342 Å². The Labute approximate surface area is 480 Å². The van der Waals surface area contributed by atoms with Gasteiger partial charge in [-0.15, -0.1) is 0 Å². The number of esters is 3. The van der Waals surface area contributed by atoms with Gasteiger partial charge in [0.2, 0.25) is 0 Å². The van der Waals surface area contributed by atoms with E-state index < -0.39 is 57.8 Å². The summed E-state index contributed by atoms with van der Waals surface area (Å²) in [6.07, 6.45) is 64.1. The van der Waals surface area contributed by atoms with E-state index in [1.54, 1.807) is 0 Å². The highest BCUT2D eigenvalue weighted by Crippen LogP contribution is 2.43. The molecule has 0 aromatic heterocycles. The van der Waals surface area contributed by atoms with Crippen LogP contribution in [0.4, 0.5) is 0 Å². The summed E-state index contributed by atoms with van der Waals surface area (Å²) in [5.41, 5.74) is 0. The minimum absolute atomic E-state index is 0.175. The molecule has 0 amide bonds. The van der Waals surface area contributed by atoms with Crippen molar-refractivity contribution in [3.63, 3.8) is 0 Å². The largest absolute Gasteiger partial charge is 0.472 e. The first-order valence-electron chi connectivity index (χ1n) is 33.2. The third-order valence-corrected chi connectivity index (χ3v) is 15.8. The van der Waals surface area contributed by atoms with Gasteiger partial charge in [0.1, 0.15) is 12.7 Å². The van der Waals surface area contributed by atoms with Crippen LogP contribution in [0.15, 0.2) is 24.3 Å². The van der Waals surface area contributed by atoms with Crippen molar-refractivity contribution in [1.82, 2.24) is 0 Å². The predicted octanol–water partition coefficient (Wildman–Crippen LogP) is 20.2. The number of carbonyl (C=O) groups excluding carboxylic acids is 3. The molecular weight excluding hydrogens is 1000 g/mol. The molecule has 78 heavy (non-hydrogen) atoms. The average Bonchev–Trinajstić information content (AvgIpc) is 3.43. The smallest absolute Gasteiger partial charge is 0.462 e. The second kappa shape index (κ2) is 61.0. The lowest BCUT2D eigenvalue weighted by atomic mass is 10.0. The monoisotopic (exact) mass is 1120 g/mol. The van der Waals surface area contributed by atoms with Crippen molar-refractivity contribution in [1.29, 1.82) is 0 Å². The molecule has 3 atom stereocenters. The van der Waals surface area contributed by atoms with E-state index in [9.17, 15) is 28.9 Å². The molecule has 0 saturated carbocycles. The summed E-state index contributed by atoms with van der Waals surface area (Å²) in [4.78, 5) is 48.8. The Morgan fingerprint density at radius 2 is 0.628 bits per heavy atom. The Bertz CT molecular complexity index is 1400. The second-order valence-corrected chi connectivity index (χ2v) is 24.1. The summed E-state index contributed by atoms with van der Waals surface area (Å²) >= 11 is 0. The summed E-state index contributed by atoms with van der Waals surface area (Å²) in [5, 5.41) is 9.84. The Balaban J connectivity index is 4.65. The average molecular weight is 1130 g/mol. The van der Waals surface area contributed by atoms with Crippen LogP contribution in [0.25, 0.3) is 0 Å². The molecule has 0 radical (unpaired) electrons. The highest BCUT2D eigenvalue weighted by molar-refractivity contribution is 7.47. The lowest BCUT2D eigenvalue weighted by molar-refractivity contribution is -0.161. The van der Waals surface area contributed by atoms with E-state index in [0.717, 1.165) is 70.6 Å². The molecule has 0 aliphatic heterocycles. The van der Waals surface area contributed by atoms with Gasteiger partial charge >= 0.3 is 25.7 Å². The molecule has 0 aromatic rings. The van der Waals surface area contributed by atoms with Gasteiger partial charge in [0, 0.05) is 19.3 Å². The van der Waals surface area contributed by atoms with Crippen LogP contribution in [-0.2, 0) is 42.2 Å². The molecule has 0 saturated heterocycles. The highest BCUT2D eigenvalue weighted by Gasteiger charge is 2.28. The normalized spacial score (nSPS) is 13.3. The molecule has 11 nitrogen and oxygen atoms in total. The van der Waals surface area contributed by atoms with Crippen LogP contribution >= 0.6 is 7.82 Å². The standard InChI is InChI=1S/C66H125O11P/c1-4-7-10-13-16-19-22-25-27-29-31-33-35-38-40-43-46-49-52-55-64(68)73-59-63(77-66(70)57-54-51-48-45-42-39-36-34-32-30-28-26-23-20-17-14-11-8-5-2)61-75-78(71,72)74-60-62(58-67)76-65(69)56-53-50-47-44-41-37-24-21-18-15-12-9-6-3/h16,19,25,27,62-63,67H,4-15,17-18,20-24,26,28-61H2,1-3H3,(H,71,72)/b19-16-,27-25-. The molecule has 0 heterocycles. The molecule has 3 unspecified atom stereocenters. The number of phosphoric acid groups is 1. The zero-order valence-corrected chi connectivity index (χ0v) is 52.1. The van der Waals surface area contributed by atoms with Gasteiger partial charge in [-0.25, -0.2) is 4.57 Å². The van der Waals surface area contributed by atoms with Gasteiger partial charge in [-0.05, 0) is 51.4 Å². The molecule has 0 fully saturated rings. The SMILES string of the molecule is CCCCC/C=C\C/C=C\CCCCCCCCCCCC(=O)OCC(COP(=O)(O)OCC(CO)OC(=O)CCCCCCCCCCCCCCC)OC(=O)CCCCCCCCCCCCCCCCCCCCC. The van der Waals surface area contributed by atoms with Crippen molar-refractivity contribution in [3.05, 3.63) is 24.3 Å². The van der Waals surface area contributed by atoms with E-state index >= 15 is 0 Å². The first-order chi connectivity index (χ1) is 38.2. The van der Waals surface area contributed by atoms with Gasteiger partial charge in [0.05, 0.1) is 19.8 Å². The van der Waals surface area contributed by atoms with Crippen LogP contribution in [0.2, 0.25) is 0 Å². The van der Waals surface area contributed by atoms with Crippen LogP contribution < -0.4 is 0 Å². The van der Waals surface area contributed by atoms with Crippen molar-refractivity contribution in [3.8, 4) is 0 Å². The number of phosphoric ester groups is 1. The van der Waals surface area contributed by atoms with Gasteiger partial charge in [-0.1, -0.05) is 295 Å². The van der Waals surface area contributed by atoms with Crippen molar-refractivity contribution in [2.24, 2.45) is 0 Å². The summed E-state index contributed by atoms with van der Waals surface area (Å²) in [5.74, 6) is -1.43. The number of hydrogen-bond acceptors (Lipinski definition) is 10. The maximum absolute atomic E-state index is 13.0. The molecule has 0 rings (SSSR count). The van der Waals surface area contributed by atoms with E-state index in [-0.39, 0.29) is 25.9 Å². The third-order valence-electron chi connectivity index (χ3n) is 14.9. The number of ether oxygens (including phenoxy) is 3. The Kier molecular flexibility index (Phi) is 59.4. The number of unbranched alkanes of at least 4 members (excludes halogenated alkanes) is 42. The lowest BCUT2D eigenvalue weighted by Gasteiger charge is -2.21. The fourth-order valence-corrected chi connectivity index (χ4v) is 10.6. The molecular formula is C66H125O11P. The lowest BCUT2D eigenvalue weighted by Crippen LogP contribution is -2.30. The molecule has 0 aliphatic carbocycles. The van der Waals surface area contributed by atoms with Crippen LogP contribution in [-0.4, -0.2) is 66.5 Å². The predicted molar refractivity (Wildman–Crippen MR) is 326 cm³/mol. The van der Waals surface area contributed by atoms with Gasteiger partial charge in [0.15, 0.2) is 6.10 Å². The van der Waals surface area contributed by atoms with Crippen molar-refractivity contribution >= 4 is 25.7 Å². The van der Waals surface area contributed by atoms with Gasteiger partial charge in [0.25, 0.3) is 0 Å². The van der Waals surface area contributed by atoms with Crippen LogP contribution in [0.5, 0.6) is 0 Å². The molecule has 2 N–H and O–H groups in total. The third kappa shape index (κ3) is 58.6. The molecule has 0 bridgehead atoms. The fourth-order valence-electron chi connectivity index (χ4n) is 9.80. The van der Waals surface area contributed by atoms with Crippen LogP contribution in [0.3, 0.4) is 0 Å². The fraction of sp³-hybridized carbons (Fsp3) is 0.894. The highest BCUT2D eigenvalue weighted by atomic mass is 31.2. The van der Waals surface area contributed by atoms with Gasteiger partial charge < -0.3 is 24.2 Å². The summed E-state index contributed by atoms with van der Waals surface area (Å²) in [6.45, 7) is 4.70. The number of hydrogen-bond donors (Lipinski definition) is 2. The van der Waals surface area contributed by atoms with Crippen molar-refractivity contribution < 1.29 is 52.2 Å².